The molecule has 0 saturated heterocycles. The van der Waals surface area contributed by atoms with Crippen LogP contribution >= 0.6 is 22.9 Å². The van der Waals surface area contributed by atoms with Crippen LogP contribution in [0, 0.1) is 0 Å². The van der Waals surface area contributed by atoms with E-state index >= 15 is 0 Å². The van der Waals surface area contributed by atoms with Crippen molar-refractivity contribution in [1.82, 2.24) is 4.98 Å². The second-order valence-electron chi connectivity index (χ2n) is 4.96. The molecule has 25 heavy (non-hydrogen) atoms. The zero-order chi connectivity index (χ0) is 18.4. The summed E-state index contributed by atoms with van der Waals surface area (Å²) in [6.07, 6.45) is 0. The van der Waals surface area contributed by atoms with Crippen LogP contribution in [0.25, 0.3) is 20.8 Å². The second-order valence-corrected chi connectivity index (χ2v) is 8.07. The van der Waals surface area contributed by atoms with E-state index in [1.165, 1.54) is 22.1 Å². The Bertz CT molecular complexity index is 1030. The molecule has 0 spiro atoms. The van der Waals surface area contributed by atoms with E-state index in [-0.39, 0.29) is 16.3 Å². The number of thiazole rings is 1. The van der Waals surface area contributed by atoms with Crippen molar-refractivity contribution in [3.8, 4) is 10.6 Å². The molecule has 0 aliphatic carbocycles. The van der Waals surface area contributed by atoms with Crippen molar-refractivity contribution in [3.63, 3.8) is 0 Å². The molecule has 1 aromatic heterocycles. The van der Waals surface area contributed by atoms with Gasteiger partial charge in [-0.1, -0.05) is 23.7 Å². The number of halogens is 4. The molecule has 3 N–H and O–H groups in total. The Labute approximate surface area is 149 Å². The minimum absolute atomic E-state index is 0.145. The summed E-state index contributed by atoms with van der Waals surface area (Å²) < 4.78 is 62.6. The third-order valence-corrected chi connectivity index (χ3v) is 5.69. The Balaban J connectivity index is 2.10. The quantitative estimate of drug-likeness (QED) is 0.628. The van der Waals surface area contributed by atoms with E-state index in [9.17, 15) is 21.6 Å². The number of fused-ring (bicyclic) bond motifs is 1. The lowest BCUT2D eigenvalue weighted by Gasteiger charge is -2.14. The van der Waals surface area contributed by atoms with Crippen molar-refractivity contribution in [2.45, 2.75) is 5.51 Å². The molecule has 132 valence electrons. The summed E-state index contributed by atoms with van der Waals surface area (Å²) in [4.78, 5) is 4.35. The summed E-state index contributed by atoms with van der Waals surface area (Å²) in [5, 5.41) is 0.574. The van der Waals surface area contributed by atoms with Crippen molar-refractivity contribution in [2.75, 3.05) is 10.5 Å². The van der Waals surface area contributed by atoms with Gasteiger partial charge >= 0.3 is 15.5 Å². The number of sulfonamides is 1. The number of benzene rings is 2. The largest absolute Gasteiger partial charge is 0.516 e. The van der Waals surface area contributed by atoms with Crippen LogP contribution in [0.2, 0.25) is 5.02 Å². The van der Waals surface area contributed by atoms with Gasteiger partial charge in [0.2, 0.25) is 0 Å². The third-order valence-electron chi connectivity index (χ3n) is 3.21. The van der Waals surface area contributed by atoms with Crippen LogP contribution in [0.4, 0.5) is 24.5 Å². The first-order valence-corrected chi connectivity index (χ1v) is 9.30. The fourth-order valence-electron chi connectivity index (χ4n) is 2.03. The summed E-state index contributed by atoms with van der Waals surface area (Å²) in [6.45, 7) is 0. The molecule has 0 aliphatic heterocycles. The van der Waals surface area contributed by atoms with Crippen molar-refractivity contribution in [1.29, 1.82) is 0 Å². The summed E-state index contributed by atoms with van der Waals surface area (Å²) in [5.41, 5.74) is 0.444. The first-order chi connectivity index (χ1) is 11.6. The van der Waals surface area contributed by atoms with E-state index in [0.29, 0.717) is 10.5 Å². The molecular weight excluding hydrogens is 399 g/mol. The smallest absolute Gasteiger partial charge is 0.397 e. The highest BCUT2D eigenvalue weighted by Gasteiger charge is 2.46. The molecule has 0 saturated carbocycles. The van der Waals surface area contributed by atoms with Gasteiger partial charge in [0.05, 0.1) is 26.6 Å². The number of para-hydroxylation sites is 1. The van der Waals surface area contributed by atoms with Gasteiger partial charge < -0.3 is 5.73 Å². The highest BCUT2D eigenvalue weighted by Crippen LogP contribution is 2.39. The average molecular weight is 408 g/mol. The van der Waals surface area contributed by atoms with Crippen molar-refractivity contribution >= 4 is 54.6 Å². The minimum Gasteiger partial charge on any atom is -0.397 e. The van der Waals surface area contributed by atoms with Crippen LogP contribution in [0.3, 0.4) is 0 Å². The van der Waals surface area contributed by atoms with Crippen LogP contribution in [0.5, 0.6) is 0 Å². The van der Waals surface area contributed by atoms with E-state index in [4.69, 9.17) is 17.3 Å². The average Bonchev–Trinajstić information content (AvgIpc) is 2.92. The van der Waals surface area contributed by atoms with Crippen molar-refractivity contribution in [3.05, 3.63) is 41.4 Å². The Morgan fingerprint density at radius 1 is 1.20 bits per heavy atom. The van der Waals surface area contributed by atoms with Gasteiger partial charge in [0.15, 0.2) is 0 Å². The zero-order valence-corrected chi connectivity index (χ0v) is 14.5. The summed E-state index contributed by atoms with van der Waals surface area (Å²) in [6, 6.07) is 9.52. The lowest BCUT2D eigenvalue weighted by molar-refractivity contribution is -0.0429. The van der Waals surface area contributed by atoms with Crippen LogP contribution in [-0.2, 0) is 10.0 Å². The number of nitrogens with zero attached hydrogens (tertiary/aromatic N) is 1. The van der Waals surface area contributed by atoms with Crippen LogP contribution < -0.4 is 10.5 Å². The second kappa shape index (κ2) is 6.04. The van der Waals surface area contributed by atoms with Gasteiger partial charge in [-0.15, -0.1) is 11.3 Å². The molecule has 0 aliphatic rings. The number of hydrogen-bond acceptors (Lipinski definition) is 5. The predicted octanol–water partition coefficient (Wildman–Crippen LogP) is 4.46. The van der Waals surface area contributed by atoms with E-state index in [0.717, 1.165) is 10.8 Å². The number of hydrogen-bond donors (Lipinski definition) is 2. The lowest BCUT2D eigenvalue weighted by atomic mass is 10.2. The summed E-state index contributed by atoms with van der Waals surface area (Å²) >= 11 is 7.38. The number of alkyl halides is 3. The normalized spacial score (nSPS) is 12.5. The molecule has 11 heteroatoms. The van der Waals surface area contributed by atoms with E-state index in [1.807, 2.05) is 12.1 Å². The Kier molecular flexibility index (Phi) is 4.30. The highest BCUT2D eigenvalue weighted by atomic mass is 35.5. The van der Waals surface area contributed by atoms with E-state index < -0.39 is 21.2 Å². The van der Waals surface area contributed by atoms with Crippen molar-refractivity contribution < 1.29 is 21.6 Å². The molecular formula is C14H9ClF3N3O2S2. The number of aromatic nitrogens is 1. The molecule has 0 radical (unpaired) electrons. The Morgan fingerprint density at radius 2 is 1.88 bits per heavy atom. The number of nitrogens with one attached hydrogen (secondary N) is 1. The van der Waals surface area contributed by atoms with Gasteiger partial charge in [0.1, 0.15) is 5.01 Å². The molecule has 0 amide bonds. The third kappa shape index (κ3) is 3.37. The molecule has 5 nitrogen and oxygen atoms in total. The Morgan fingerprint density at radius 3 is 2.52 bits per heavy atom. The Hall–Kier alpha value is -2.04. The molecule has 0 bridgehead atoms. The molecule has 2 aromatic carbocycles. The lowest BCUT2D eigenvalue weighted by Crippen LogP contribution is -2.30. The van der Waals surface area contributed by atoms with Gasteiger partial charge in [-0.05, 0) is 24.3 Å². The fourth-order valence-corrected chi connectivity index (χ4v) is 3.93. The maximum Gasteiger partial charge on any atom is 0.516 e. The number of rotatable bonds is 3. The van der Waals surface area contributed by atoms with E-state index in [2.05, 4.69) is 4.98 Å². The first kappa shape index (κ1) is 17.8. The van der Waals surface area contributed by atoms with Crippen LogP contribution in [0.1, 0.15) is 0 Å². The van der Waals surface area contributed by atoms with E-state index in [1.54, 1.807) is 12.1 Å². The van der Waals surface area contributed by atoms with Gasteiger partial charge in [-0.25, -0.2) is 4.98 Å². The SMILES string of the molecule is Nc1cc(Cl)c(-c2nc3ccccc3s2)cc1NS(=O)(=O)C(F)(F)F. The maximum atomic E-state index is 12.6. The molecule has 0 atom stereocenters. The zero-order valence-electron chi connectivity index (χ0n) is 12.1. The standard InChI is InChI=1S/C14H9ClF3N3O2S2/c15-8-6-9(19)11(21-25(22,23)14(16,17)18)5-7(8)13-20-10-3-1-2-4-12(10)24-13/h1-6,21H,19H2. The maximum absolute atomic E-state index is 12.6. The summed E-state index contributed by atoms with van der Waals surface area (Å²) in [5.74, 6) is 0. The van der Waals surface area contributed by atoms with Gasteiger partial charge in [0.25, 0.3) is 0 Å². The molecule has 0 fully saturated rings. The predicted molar refractivity (Wildman–Crippen MR) is 93.1 cm³/mol. The molecule has 3 rings (SSSR count). The monoisotopic (exact) mass is 407 g/mol. The first-order valence-electron chi connectivity index (χ1n) is 6.62. The number of nitrogens with two attached hydrogens (primary N) is 1. The molecule has 3 aromatic rings. The topological polar surface area (TPSA) is 85.1 Å². The fraction of sp³-hybridized carbons (Fsp3) is 0.0714. The van der Waals surface area contributed by atoms with Crippen LogP contribution in [0.15, 0.2) is 36.4 Å². The van der Waals surface area contributed by atoms with Gasteiger partial charge in [-0.3, -0.25) is 4.72 Å². The number of nitrogen functional groups attached to an aromatic ring is 1. The van der Waals surface area contributed by atoms with Crippen molar-refractivity contribution in [2.24, 2.45) is 0 Å². The number of anilines is 2. The molecule has 0 unspecified atom stereocenters. The van der Waals surface area contributed by atoms with Gasteiger partial charge in [0, 0.05) is 5.56 Å². The minimum atomic E-state index is -5.60. The highest BCUT2D eigenvalue weighted by molar-refractivity contribution is 7.93. The molecule has 1 heterocycles. The summed E-state index contributed by atoms with van der Waals surface area (Å²) in [7, 11) is -5.60. The van der Waals surface area contributed by atoms with Gasteiger partial charge in [-0.2, -0.15) is 21.6 Å². The van der Waals surface area contributed by atoms with Crippen LogP contribution in [-0.4, -0.2) is 18.9 Å².